The molecule has 2 fully saturated rings. The van der Waals surface area contributed by atoms with Gasteiger partial charge in [0.1, 0.15) is 6.10 Å². The Morgan fingerprint density at radius 2 is 2.12 bits per heavy atom. The number of nitrogens with zero attached hydrogens (tertiary/aromatic N) is 1. The van der Waals surface area contributed by atoms with Gasteiger partial charge in [0.25, 0.3) is 0 Å². The Morgan fingerprint density at radius 3 is 2.88 bits per heavy atom. The number of rotatable bonds is 3. The molecule has 2 aliphatic heterocycles. The van der Waals surface area contributed by atoms with Crippen molar-refractivity contribution >= 4 is 5.97 Å². The maximum absolute atomic E-state index is 11.3. The van der Waals surface area contributed by atoms with Crippen LogP contribution in [0.1, 0.15) is 39.0 Å². The van der Waals surface area contributed by atoms with Crippen LogP contribution in [0.5, 0.6) is 0 Å². The molecule has 0 aromatic rings. The van der Waals surface area contributed by atoms with Gasteiger partial charge in [-0.25, -0.2) is 4.79 Å². The minimum atomic E-state index is -0.999. The van der Waals surface area contributed by atoms with Crippen molar-refractivity contribution in [1.29, 1.82) is 0 Å². The predicted molar refractivity (Wildman–Crippen MR) is 64.6 cm³/mol. The second kappa shape index (κ2) is 5.83. The van der Waals surface area contributed by atoms with Crippen LogP contribution in [0, 0.1) is 5.92 Å². The third-order valence-corrected chi connectivity index (χ3v) is 4.01. The van der Waals surface area contributed by atoms with Gasteiger partial charge in [-0.05, 0) is 45.7 Å². The molecule has 17 heavy (non-hydrogen) atoms. The van der Waals surface area contributed by atoms with Crippen molar-refractivity contribution in [3.63, 3.8) is 0 Å². The molecule has 0 bridgehead atoms. The normalized spacial score (nSPS) is 31.6. The fourth-order valence-corrected chi connectivity index (χ4v) is 3.08. The molecule has 1 N–H and O–H groups in total. The second-order valence-electron chi connectivity index (χ2n) is 5.31. The molecule has 0 unspecified atom stereocenters. The number of hydrogen-bond donors (Lipinski definition) is 1. The summed E-state index contributed by atoms with van der Waals surface area (Å²) in [6.07, 6.45) is 5.18. The van der Waals surface area contributed by atoms with Crippen LogP contribution in [0.15, 0.2) is 0 Å². The van der Waals surface area contributed by atoms with Crippen molar-refractivity contribution in [2.24, 2.45) is 5.92 Å². The Hall–Kier alpha value is -0.610. The number of piperidine rings is 2. The van der Waals surface area contributed by atoms with Gasteiger partial charge in [0.15, 0.2) is 0 Å². The molecular formula is C13H23NO3. The van der Waals surface area contributed by atoms with E-state index in [1.807, 2.05) is 0 Å². The zero-order chi connectivity index (χ0) is 12.3. The average molecular weight is 241 g/mol. The minimum absolute atomic E-state index is 0.465. The topological polar surface area (TPSA) is 49.8 Å². The molecule has 2 aliphatic rings. The number of fused-ring (bicyclic) bond motifs is 1. The molecule has 0 aromatic heterocycles. The molecule has 0 spiro atoms. The summed E-state index contributed by atoms with van der Waals surface area (Å²) in [7, 11) is 0. The van der Waals surface area contributed by atoms with E-state index in [-0.39, 0.29) is 0 Å². The first-order valence-electron chi connectivity index (χ1n) is 6.77. The van der Waals surface area contributed by atoms with Gasteiger partial charge in [-0.15, -0.1) is 0 Å². The molecule has 0 saturated carbocycles. The van der Waals surface area contributed by atoms with E-state index < -0.39 is 12.1 Å². The number of aliphatic hydroxyl groups excluding tert-OH is 1. The summed E-state index contributed by atoms with van der Waals surface area (Å²) in [6, 6.07) is 0.597. The molecule has 0 amide bonds. The quantitative estimate of drug-likeness (QED) is 0.754. The van der Waals surface area contributed by atoms with E-state index in [1.54, 1.807) is 0 Å². The highest BCUT2D eigenvalue weighted by Gasteiger charge is 2.33. The van der Waals surface area contributed by atoms with E-state index in [2.05, 4.69) is 4.90 Å². The van der Waals surface area contributed by atoms with Gasteiger partial charge in [0.05, 0.1) is 6.61 Å². The largest absolute Gasteiger partial charge is 0.463 e. The van der Waals surface area contributed by atoms with Crippen molar-refractivity contribution in [3.05, 3.63) is 0 Å². The lowest BCUT2D eigenvalue weighted by Gasteiger charge is -2.44. The van der Waals surface area contributed by atoms with Gasteiger partial charge < -0.3 is 9.84 Å². The fourth-order valence-electron chi connectivity index (χ4n) is 3.08. The van der Waals surface area contributed by atoms with E-state index in [4.69, 9.17) is 9.84 Å². The lowest BCUT2D eigenvalue weighted by Crippen LogP contribution is -2.49. The van der Waals surface area contributed by atoms with Crippen LogP contribution in [0.2, 0.25) is 0 Å². The van der Waals surface area contributed by atoms with Gasteiger partial charge in [-0.2, -0.15) is 0 Å². The van der Waals surface area contributed by atoms with E-state index >= 15 is 0 Å². The summed E-state index contributed by atoms with van der Waals surface area (Å²) in [5.74, 6) is -0.0234. The molecule has 0 aromatic carbocycles. The van der Waals surface area contributed by atoms with Crippen molar-refractivity contribution in [1.82, 2.24) is 4.90 Å². The lowest BCUT2D eigenvalue weighted by molar-refractivity contribution is -0.155. The maximum atomic E-state index is 11.3. The van der Waals surface area contributed by atoms with Gasteiger partial charge in [0, 0.05) is 12.0 Å². The van der Waals surface area contributed by atoms with Crippen molar-refractivity contribution < 1.29 is 14.6 Å². The lowest BCUT2D eigenvalue weighted by atomic mass is 9.84. The summed E-state index contributed by atoms with van der Waals surface area (Å²) in [5, 5.41) is 9.10. The van der Waals surface area contributed by atoms with Crippen LogP contribution < -0.4 is 0 Å². The maximum Gasteiger partial charge on any atom is 0.334 e. The minimum Gasteiger partial charge on any atom is -0.463 e. The monoisotopic (exact) mass is 241 g/mol. The Bertz CT molecular complexity index is 265. The molecule has 3 atom stereocenters. The van der Waals surface area contributed by atoms with Gasteiger partial charge in [0.2, 0.25) is 0 Å². The summed E-state index contributed by atoms with van der Waals surface area (Å²) in [4.78, 5) is 13.8. The second-order valence-corrected chi connectivity index (χ2v) is 5.31. The van der Waals surface area contributed by atoms with Crippen LogP contribution in [-0.4, -0.2) is 47.8 Å². The summed E-state index contributed by atoms with van der Waals surface area (Å²) in [6.45, 7) is 4.33. The number of ether oxygens (including phenoxy) is 1. The molecule has 4 heteroatoms. The van der Waals surface area contributed by atoms with Gasteiger partial charge in [-0.1, -0.05) is 6.42 Å². The first kappa shape index (κ1) is 12.8. The van der Waals surface area contributed by atoms with Crippen LogP contribution in [0.3, 0.4) is 0 Å². The fraction of sp³-hybridized carbons (Fsp3) is 0.923. The van der Waals surface area contributed by atoms with E-state index in [1.165, 1.54) is 45.7 Å². The first-order chi connectivity index (χ1) is 8.18. The molecule has 2 heterocycles. The standard InChI is InChI=1S/C13H23NO3/c1-10(15)13(16)17-9-11-5-4-8-14-7-3-2-6-12(11)14/h10-12,15H,2-9H2,1H3/t10-,11-,12+/m0/s1. The Morgan fingerprint density at radius 1 is 1.35 bits per heavy atom. The highest BCUT2D eigenvalue weighted by atomic mass is 16.5. The number of carbonyl (C=O) groups excluding carboxylic acids is 1. The summed E-state index contributed by atoms with van der Waals surface area (Å²) >= 11 is 0. The molecule has 0 radical (unpaired) electrons. The smallest absolute Gasteiger partial charge is 0.334 e. The van der Waals surface area contributed by atoms with E-state index in [9.17, 15) is 4.79 Å². The molecular weight excluding hydrogens is 218 g/mol. The van der Waals surface area contributed by atoms with Crippen LogP contribution in [-0.2, 0) is 9.53 Å². The Labute approximate surface area is 103 Å². The van der Waals surface area contributed by atoms with Gasteiger partial charge in [-0.3, -0.25) is 4.90 Å². The van der Waals surface area contributed by atoms with E-state index in [0.717, 1.165) is 6.42 Å². The zero-order valence-corrected chi connectivity index (χ0v) is 10.6. The number of aliphatic hydroxyl groups is 1. The summed E-state index contributed by atoms with van der Waals surface area (Å²) < 4.78 is 5.18. The molecule has 0 aliphatic carbocycles. The van der Waals surface area contributed by atoms with Gasteiger partial charge >= 0.3 is 5.97 Å². The zero-order valence-electron chi connectivity index (χ0n) is 10.6. The van der Waals surface area contributed by atoms with Crippen molar-refractivity contribution in [2.45, 2.75) is 51.2 Å². The van der Waals surface area contributed by atoms with Crippen LogP contribution >= 0.6 is 0 Å². The van der Waals surface area contributed by atoms with Crippen LogP contribution in [0.4, 0.5) is 0 Å². The number of esters is 1. The first-order valence-corrected chi connectivity index (χ1v) is 6.77. The van der Waals surface area contributed by atoms with E-state index in [0.29, 0.717) is 18.6 Å². The predicted octanol–water partition coefficient (Wildman–Crippen LogP) is 1.17. The highest BCUT2D eigenvalue weighted by Crippen LogP contribution is 2.30. The Kier molecular flexibility index (Phi) is 4.40. The average Bonchev–Trinajstić information content (AvgIpc) is 2.35. The highest BCUT2D eigenvalue weighted by molar-refractivity contribution is 5.73. The third-order valence-electron chi connectivity index (χ3n) is 4.01. The molecule has 4 nitrogen and oxygen atoms in total. The molecule has 2 rings (SSSR count). The van der Waals surface area contributed by atoms with Crippen LogP contribution in [0.25, 0.3) is 0 Å². The van der Waals surface area contributed by atoms with Crippen molar-refractivity contribution in [3.8, 4) is 0 Å². The third kappa shape index (κ3) is 3.19. The molecule has 2 saturated heterocycles. The summed E-state index contributed by atoms with van der Waals surface area (Å²) in [5.41, 5.74) is 0. The Balaban J connectivity index is 1.84. The number of hydrogen-bond acceptors (Lipinski definition) is 4. The molecule has 98 valence electrons. The van der Waals surface area contributed by atoms with Crippen molar-refractivity contribution in [2.75, 3.05) is 19.7 Å². The SMILES string of the molecule is C[C@H](O)C(=O)OC[C@@H]1CCCN2CCCC[C@H]12. The number of carbonyl (C=O) groups is 1.